The first kappa shape index (κ1) is 19.9. The number of amides is 1. The molecule has 0 spiro atoms. The van der Waals surface area contributed by atoms with E-state index in [1.165, 1.54) is 29.3 Å². The van der Waals surface area contributed by atoms with Gasteiger partial charge in [0, 0.05) is 16.8 Å². The van der Waals surface area contributed by atoms with Gasteiger partial charge in [-0.05, 0) is 81.5 Å². The molecule has 7 heteroatoms. The number of fused-ring (bicyclic) bond motifs is 1. The zero-order valence-electron chi connectivity index (χ0n) is 15.6. The average molecular weight is 407 g/mol. The Balaban J connectivity index is 1.86. The lowest BCUT2D eigenvalue weighted by atomic mass is 10.1. The summed E-state index contributed by atoms with van der Waals surface area (Å²) in [4.78, 5) is 12.5. The first-order valence-corrected chi connectivity index (χ1v) is 10.7. The summed E-state index contributed by atoms with van der Waals surface area (Å²) in [6.07, 6.45) is 3.22. The molecule has 0 saturated heterocycles. The molecule has 0 radical (unpaired) electrons. The van der Waals surface area contributed by atoms with Gasteiger partial charge in [-0.2, -0.15) is 0 Å². The summed E-state index contributed by atoms with van der Waals surface area (Å²) in [5.74, 6) is -0.378. The van der Waals surface area contributed by atoms with Crippen molar-refractivity contribution in [1.82, 2.24) is 4.72 Å². The van der Waals surface area contributed by atoms with Crippen LogP contribution in [0.4, 0.5) is 5.69 Å². The predicted octanol–water partition coefficient (Wildman–Crippen LogP) is 4.16. The maximum Gasteiger partial charge on any atom is 0.255 e. The molecule has 1 aliphatic carbocycles. The van der Waals surface area contributed by atoms with Crippen molar-refractivity contribution in [2.75, 3.05) is 5.32 Å². The molecule has 3 rings (SSSR count). The Morgan fingerprint density at radius 1 is 1.04 bits per heavy atom. The maximum absolute atomic E-state index is 12.6. The summed E-state index contributed by atoms with van der Waals surface area (Å²) < 4.78 is 27.8. The number of carbonyl (C=O) groups excluding carboxylic acids is 1. The second-order valence-electron chi connectivity index (χ2n) is 7.79. The second kappa shape index (κ2) is 7.26. The molecule has 0 saturated carbocycles. The molecular weight excluding hydrogens is 384 g/mol. The number of hydrogen-bond acceptors (Lipinski definition) is 3. The Morgan fingerprint density at radius 2 is 1.74 bits per heavy atom. The molecule has 2 aromatic rings. The highest BCUT2D eigenvalue weighted by Crippen LogP contribution is 2.27. The fraction of sp³-hybridized carbons (Fsp3) is 0.350. The van der Waals surface area contributed by atoms with Gasteiger partial charge in [0.25, 0.3) is 5.91 Å². The number of rotatable bonds is 4. The van der Waals surface area contributed by atoms with Crippen LogP contribution in [0, 0.1) is 0 Å². The molecule has 0 bridgehead atoms. The molecule has 5 nitrogen and oxygen atoms in total. The molecule has 0 fully saturated rings. The fourth-order valence-electron chi connectivity index (χ4n) is 3.16. The Hall–Kier alpha value is -1.89. The first-order chi connectivity index (χ1) is 12.5. The summed E-state index contributed by atoms with van der Waals surface area (Å²) in [5, 5.41) is 2.91. The van der Waals surface area contributed by atoms with Crippen LogP contribution < -0.4 is 10.0 Å². The van der Waals surface area contributed by atoms with Crippen molar-refractivity contribution in [2.24, 2.45) is 0 Å². The number of aryl methyl sites for hydroxylation is 2. The molecule has 0 atom stereocenters. The monoisotopic (exact) mass is 406 g/mol. The normalized spacial score (nSPS) is 14.1. The lowest BCUT2D eigenvalue weighted by Crippen LogP contribution is -2.40. The van der Waals surface area contributed by atoms with Gasteiger partial charge in [0.05, 0.1) is 5.02 Å². The Bertz CT molecular complexity index is 995. The lowest BCUT2D eigenvalue weighted by Gasteiger charge is -2.21. The van der Waals surface area contributed by atoms with Gasteiger partial charge in [-0.3, -0.25) is 4.79 Å². The van der Waals surface area contributed by atoms with Crippen LogP contribution in [0.25, 0.3) is 0 Å². The van der Waals surface area contributed by atoms with Gasteiger partial charge in [0.2, 0.25) is 10.0 Å². The molecule has 0 aliphatic heterocycles. The summed E-state index contributed by atoms with van der Waals surface area (Å²) >= 11 is 6.09. The van der Waals surface area contributed by atoms with E-state index >= 15 is 0 Å². The third-order valence-electron chi connectivity index (χ3n) is 4.28. The van der Waals surface area contributed by atoms with E-state index in [0.29, 0.717) is 5.69 Å². The highest BCUT2D eigenvalue weighted by Gasteiger charge is 2.25. The first-order valence-electron chi connectivity index (χ1n) is 8.82. The predicted molar refractivity (Wildman–Crippen MR) is 108 cm³/mol. The van der Waals surface area contributed by atoms with Crippen LogP contribution in [0.2, 0.25) is 5.02 Å². The molecule has 2 aromatic carbocycles. The van der Waals surface area contributed by atoms with Gasteiger partial charge in [0.15, 0.2) is 0 Å². The van der Waals surface area contributed by atoms with E-state index in [9.17, 15) is 13.2 Å². The van der Waals surface area contributed by atoms with E-state index in [1.807, 2.05) is 18.2 Å². The summed E-state index contributed by atoms with van der Waals surface area (Å²) in [5.41, 5.74) is 2.84. The molecule has 1 aliphatic rings. The molecule has 2 N–H and O–H groups in total. The molecular formula is C20H23ClN2O3S. The van der Waals surface area contributed by atoms with Crippen LogP contribution in [-0.2, 0) is 22.9 Å². The fourth-order valence-corrected chi connectivity index (χ4v) is 5.11. The highest BCUT2D eigenvalue weighted by molar-refractivity contribution is 7.89. The molecule has 1 amide bonds. The van der Waals surface area contributed by atoms with Crippen molar-refractivity contribution in [2.45, 2.75) is 50.5 Å². The smallest absolute Gasteiger partial charge is 0.255 e. The topological polar surface area (TPSA) is 75.3 Å². The SMILES string of the molecule is CC(C)(C)NS(=O)(=O)c1cc(C(=O)Nc2ccc3c(c2)CCC3)ccc1Cl. The number of halogens is 1. The number of benzene rings is 2. The van der Waals surface area contributed by atoms with Gasteiger partial charge in [-0.25, -0.2) is 13.1 Å². The zero-order chi connectivity index (χ0) is 19.8. The highest BCUT2D eigenvalue weighted by atomic mass is 35.5. The number of anilines is 1. The van der Waals surface area contributed by atoms with Crippen LogP contribution >= 0.6 is 11.6 Å². The van der Waals surface area contributed by atoms with Gasteiger partial charge >= 0.3 is 0 Å². The third-order valence-corrected chi connectivity index (χ3v) is 6.52. The van der Waals surface area contributed by atoms with Crippen LogP contribution in [-0.4, -0.2) is 19.9 Å². The Kier molecular flexibility index (Phi) is 5.34. The Labute approximate surface area is 165 Å². The summed E-state index contributed by atoms with van der Waals surface area (Å²) in [6.45, 7) is 5.22. The minimum atomic E-state index is -3.85. The molecule has 0 unspecified atom stereocenters. The van der Waals surface area contributed by atoms with E-state index in [4.69, 9.17) is 11.6 Å². The maximum atomic E-state index is 12.6. The van der Waals surface area contributed by atoms with E-state index < -0.39 is 15.6 Å². The number of carbonyl (C=O) groups is 1. The number of sulfonamides is 1. The molecule has 0 heterocycles. The molecule has 144 valence electrons. The average Bonchev–Trinajstić information content (AvgIpc) is 3.00. The second-order valence-corrected chi connectivity index (χ2v) is 9.85. The lowest BCUT2D eigenvalue weighted by molar-refractivity contribution is 0.102. The third kappa shape index (κ3) is 4.69. The largest absolute Gasteiger partial charge is 0.322 e. The minimum absolute atomic E-state index is 0.0702. The van der Waals surface area contributed by atoms with Crippen molar-refractivity contribution >= 4 is 33.2 Å². The minimum Gasteiger partial charge on any atom is -0.322 e. The van der Waals surface area contributed by atoms with Gasteiger partial charge in [0.1, 0.15) is 4.90 Å². The van der Waals surface area contributed by atoms with E-state index in [-0.39, 0.29) is 21.4 Å². The summed E-state index contributed by atoms with van der Waals surface area (Å²) in [6, 6.07) is 10.1. The quantitative estimate of drug-likeness (QED) is 0.800. The van der Waals surface area contributed by atoms with Crippen molar-refractivity contribution < 1.29 is 13.2 Å². The van der Waals surface area contributed by atoms with Crippen LogP contribution in [0.1, 0.15) is 48.7 Å². The van der Waals surface area contributed by atoms with Crippen LogP contribution in [0.3, 0.4) is 0 Å². The Morgan fingerprint density at radius 3 is 2.44 bits per heavy atom. The van der Waals surface area contributed by atoms with Crippen molar-refractivity contribution in [3.8, 4) is 0 Å². The molecule has 27 heavy (non-hydrogen) atoms. The van der Waals surface area contributed by atoms with Gasteiger partial charge < -0.3 is 5.32 Å². The van der Waals surface area contributed by atoms with E-state index in [1.54, 1.807) is 20.8 Å². The van der Waals surface area contributed by atoms with Crippen molar-refractivity contribution in [1.29, 1.82) is 0 Å². The number of hydrogen-bond donors (Lipinski definition) is 2. The van der Waals surface area contributed by atoms with Gasteiger partial charge in [-0.1, -0.05) is 17.7 Å². The van der Waals surface area contributed by atoms with Crippen LogP contribution in [0.5, 0.6) is 0 Å². The zero-order valence-corrected chi connectivity index (χ0v) is 17.2. The van der Waals surface area contributed by atoms with Crippen molar-refractivity contribution in [3.05, 3.63) is 58.1 Å². The molecule has 0 aromatic heterocycles. The summed E-state index contributed by atoms with van der Waals surface area (Å²) in [7, 11) is -3.85. The van der Waals surface area contributed by atoms with E-state index in [0.717, 1.165) is 19.3 Å². The van der Waals surface area contributed by atoms with Crippen LogP contribution in [0.15, 0.2) is 41.3 Å². The van der Waals surface area contributed by atoms with Crippen molar-refractivity contribution in [3.63, 3.8) is 0 Å². The number of nitrogens with one attached hydrogen (secondary N) is 2. The standard InChI is InChI=1S/C20H23ClN2O3S/c1-20(2,3)23-27(25,26)18-12-15(8-10-17(18)21)19(24)22-16-9-7-13-5-4-6-14(13)11-16/h7-12,23H,4-6H2,1-3H3,(H,22,24). The van der Waals surface area contributed by atoms with E-state index in [2.05, 4.69) is 10.0 Å². The van der Waals surface area contributed by atoms with Gasteiger partial charge in [-0.15, -0.1) is 0 Å².